The Morgan fingerprint density at radius 2 is 1.68 bits per heavy atom. The minimum Gasteiger partial charge on any atom is -0.465 e. The van der Waals surface area contributed by atoms with E-state index >= 15 is 0 Å². The standard InChI is InChI=1S/C17H30N2O3.C8H15NO3/c1-17(2,3)22-16(21)19-12-8-14(9-13-19)7-11-18-10-5-4-6-15(18)20;1-4-12-7(11)8(3,5-9)6(2)10/h14H,4-13H2,1-3H3;4-5,9H2,1-3H3/t;8-/m.1/s1. The molecule has 0 unspecified atom stereocenters. The molecular weight excluding hydrogens is 438 g/mol. The van der Waals surface area contributed by atoms with Crippen molar-refractivity contribution in [3.05, 3.63) is 0 Å². The highest BCUT2D eigenvalue weighted by Crippen LogP contribution is 2.23. The number of amides is 2. The van der Waals surface area contributed by atoms with Gasteiger partial charge in [0.05, 0.1) is 6.61 Å². The molecule has 0 bridgehead atoms. The summed E-state index contributed by atoms with van der Waals surface area (Å²) < 4.78 is 10.1. The molecule has 0 radical (unpaired) electrons. The molecule has 0 aromatic carbocycles. The Bertz CT molecular complexity index is 697. The lowest BCUT2D eigenvalue weighted by atomic mass is 9.87. The summed E-state index contributed by atoms with van der Waals surface area (Å²) in [7, 11) is 0. The SMILES string of the molecule is CC(C)(C)OC(=O)N1CCC(CCN2CCCCC2=O)CC1.CCOC(=O)[C@](C)(CN)C(C)=O. The minimum atomic E-state index is -1.17. The van der Waals surface area contributed by atoms with E-state index in [2.05, 4.69) is 0 Å². The highest BCUT2D eigenvalue weighted by atomic mass is 16.6. The van der Waals surface area contributed by atoms with E-state index in [4.69, 9.17) is 15.2 Å². The van der Waals surface area contributed by atoms with Crippen molar-refractivity contribution >= 4 is 23.8 Å². The third kappa shape index (κ3) is 9.60. The lowest BCUT2D eigenvalue weighted by molar-refractivity contribution is -0.157. The summed E-state index contributed by atoms with van der Waals surface area (Å²) in [6.07, 6.45) is 5.80. The summed E-state index contributed by atoms with van der Waals surface area (Å²) in [5.74, 6) is 0.134. The van der Waals surface area contributed by atoms with Gasteiger partial charge in [0.2, 0.25) is 5.91 Å². The zero-order valence-electron chi connectivity index (χ0n) is 22.0. The second-order valence-corrected chi connectivity index (χ2v) is 10.4. The molecule has 0 spiro atoms. The molecule has 2 aliphatic rings. The highest BCUT2D eigenvalue weighted by molar-refractivity contribution is 6.02. The lowest BCUT2D eigenvalue weighted by Gasteiger charge is -2.34. The number of Topliss-reactive ketones (excluding diaryl/α,β-unsaturated/α-hetero) is 1. The number of hydrogen-bond donors (Lipinski definition) is 1. The smallest absolute Gasteiger partial charge is 0.410 e. The number of ether oxygens (including phenoxy) is 2. The van der Waals surface area contributed by atoms with E-state index in [1.54, 1.807) is 6.92 Å². The number of carbonyl (C=O) groups is 4. The van der Waals surface area contributed by atoms with Crippen molar-refractivity contribution in [3.8, 4) is 0 Å². The molecule has 2 aliphatic heterocycles. The number of nitrogens with zero attached hydrogens (tertiary/aromatic N) is 2. The van der Waals surface area contributed by atoms with Crippen molar-refractivity contribution in [1.82, 2.24) is 9.80 Å². The summed E-state index contributed by atoms with van der Waals surface area (Å²) in [5.41, 5.74) is 3.72. The van der Waals surface area contributed by atoms with Crippen molar-refractivity contribution in [2.24, 2.45) is 17.1 Å². The third-order valence-corrected chi connectivity index (χ3v) is 6.41. The van der Waals surface area contributed by atoms with Crippen LogP contribution in [0.25, 0.3) is 0 Å². The molecular formula is C25H45N3O6. The predicted molar refractivity (Wildman–Crippen MR) is 130 cm³/mol. The fourth-order valence-electron chi connectivity index (χ4n) is 3.83. The molecule has 34 heavy (non-hydrogen) atoms. The van der Waals surface area contributed by atoms with Gasteiger partial charge >= 0.3 is 12.1 Å². The Hall–Kier alpha value is -2.16. The van der Waals surface area contributed by atoms with Crippen LogP contribution in [-0.2, 0) is 23.9 Å². The second-order valence-electron chi connectivity index (χ2n) is 10.4. The Morgan fingerprint density at radius 1 is 1.06 bits per heavy atom. The average Bonchev–Trinajstić information content (AvgIpc) is 2.77. The number of nitrogens with two attached hydrogens (primary N) is 1. The maximum atomic E-state index is 12.0. The second kappa shape index (κ2) is 13.7. The largest absolute Gasteiger partial charge is 0.465 e. The average molecular weight is 484 g/mol. The summed E-state index contributed by atoms with van der Waals surface area (Å²) in [5, 5.41) is 0. The molecule has 2 N–H and O–H groups in total. The van der Waals surface area contributed by atoms with Gasteiger partial charge in [-0.1, -0.05) is 0 Å². The maximum Gasteiger partial charge on any atom is 0.410 e. The first-order chi connectivity index (χ1) is 15.8. The molecule has 2 rings (SSSR count). The van der Waals surface area contributed by atoms with E-state index in [0.29, 0.717) is 11.8 Å². The molecule has 196 valence electrons. The van der Waals surface area contributed by atoms with Crippen molar-refractivity contribution in [3.63, 3.8) is 0 Å². The summed E-state index contributed by atoms with van der Waals surface area (Å²) in [4.78, 5) is 49.9. The number of likely N-dealkylation sites (tertiary alicyclic amines) is 2. The van der Waals surface area contributed by atoms with Crippen molar-refractivity contribution in [1.29, 1.82) is 0 Å². The zero-order chi connectivity index (χ0) is 25.9. The molecule has 9 heteroatoms. The van der Waals surface area contributed by atoms with Crippen molar-refractivity contribution in [2.75, 3.05) is 39.3 Å². The van der Waals surface area contributed by atoms with Crippen LogP contribution < -0.4 is 5.73 Å². The van der Waals surface area contributed by atoms with Gasteiger partial charge in [-0.25, -0.2) is 4.79 Å². The van der Waals surface area contributed by atoms with Gasteiger partial charge in [0.1, 0.15) is 16.8 Å². The van der Waals surface area contributed by atoms with Gasteiger partial charge in [0, 0.05) is 39.1 Å². The predicted octanol–water partition coefficient (Wildman–Crippen LogP) is 3.14. The summed E-state index contributed by atoms with van der Waals surface area (Å²) in [6.45, 7) is 13.8. The van der Waals surface area contributed by atoms with E-state index in [9.17, 15) is 19.2 Å². The molecule has 2 heterocycles. The van der Waals surface area contributed by atoms with Gasteiger partial charge in [0.25, 0.3) is 0 Å². The molecule has 2 saturated heterocycles. The van der Waals surface area contributed by atoms with E-state index in [1.807, 2.05) is 30.6 Å². The first-order valence-corrected chi connectivity index (χ1v) is 12.5. The van der Waals surface area contributed by atoms with Gasteiger partial charge < -0.3 is 25.0 Å². The molecule has 0 saturated carbocycles. The first kappa shape index (κ1) is 29.9. The Morgan fingerprint density at radius 3 is 2.15 bits per heavy atom. The highest BCUT2D eigenvalue weighted by Gasteiger charge is 2.38. The fourth-order valence-corrected chi connectivity index (χ4v) is 3.83. The number of carbonyl (C=O) groups excluding carboxylic acids is 4. The third-order valence-electron chi connectivity index (χ3n) is 6.41. The zero-order valence-corrected chi connectivity index (χ0v) is 22.0. The number of ketones is 1. The van der Waals surface area contributed by atoms with Crippen LogP contribution in [0.1, 0.15) is 80.1 Å². The molecule has 1 atom stereocenters. The monoisotopic (exact) mass is 483 g/mol. The Labute approximate surface area is 204 Å². The normalized spacial score (nSPS) is 19.0. The first-order valence-electron chi connectivity index (χ1n) is 12.5. The van der Waals surface area contributed by atoms with Crippen LogP contribution in [0.4, 0.5) is 4.79 Å². The van der Waals surface area contributed by atoms with Gasteiger partial charge in [-0.3, -0.25) is 14.4 Å². The topological polar surface area (TPSA) is 119 Å². The quantitative estimate of drug-likeness (QED) is 0.436. The molecule has 0 aliphatic carbocycles. The van der Waals surface area contributed by atoms with Gasteiger partial charge in [0.15, 0.2) is 0 Å². The van der Waals surface area contributed by atoms with Crippen molar-refractivity contribution < 1.29 is 28.7 Å². The molecule has 2 amide bonds. The van der Waals surface area contributed by atoms with Crippen LogP contribution >= 0.6 is 0 Å². The molecule has 0 aromatic rings. The maximum absolute atomic E-state index is 12.0. The Balaban J connectivity index is 0.000000411. The van der Waals surface area contributed by atoms with Crippen LogP contribution in [0.5, 0.6) is 0 Å². The van der Waals surface area contributed by atoms with E-state index < -0.39 is 17.0 Å². The van der Waals surface area contributed by atoms with Crippen LogP contribution in [0.3, 0.4) is 0 Å². The van der Waals surface area contributed by atoms with E-state index in [0.717, 1.165) is 64.7 Å². The van der Waals surface area contributed by atoms with Crippen LogP contribution in [0.15, 0.2) is 0 Å². The summed E-state index contributed by atoms with van der Waals surface area (Å²) in [6, 6.07) is 0. The Kier molecular flexibility index (Phi) is 12.0. The summed E-state index contributed by atoms with van der Waals surface area (Å²) >= 11 is 0. The van der Waals surface area contributed by atoms with Gasteiger partial charge in [-0.2, -0.15) is 0 Å². The number of esters is 1. The van der Waals surface area contributed by atoms with E-state index in [1.165, 1.54) is 13.8 Å². The van der Waals surface area contributed by atoms with Crippen molar-refractivity contribution in [2.45, 2.75) is 85.7 Å². The number of piperidine rings is 2. The van der Waals surface area contributed by atoms with Gasteiger partial charge in [-0.05, 0) is 79.6 Å². The fraction of sp³-hybridized carbons (Fsp3) is 0.840. The molecule has 2 fully saturated rings. The lowest BCUT2D eigenvalue weighted by Crippen LogP contribution is -2.43. The van der Waals surface area contributed by atoms with Crippen LogP contribution in [0.2, 0.25) is 0 Å². The molecule has 9 nitrogen and oxygen atoms in total. The number of rotatable bonds is 7. The van der Waals surface area contributed by atoms with Gasteiger partial charge in [-0.15, -0.1) is 0 Å². The van der Waals surface area contributed by atoms with E-state index in [-0.39, 0.29) is 25.0 Å². The molecule has 0 aromatic heterocycles. The van der Waals surface area contributed by atoms with Crippen LogP contribution in [0, 0.1) is 11.3 Å². The number of hydrogen-bond acceptors (Lipinski definition) is 7. The minimum absolute atomic E-state index is 0.0127. The van der Waals surface area contributed by atoms with Crippen LogP contribution in [-0.4, -0.2) is 78.5 Å².